The highest BCUT2D eigenvalue weighted by molar-refractivity contribution is 7.89. The first-order chi connectivity index (χ1) is 18.2. The van der Waals surface area contributed by atoms with Crippen LogP contribution in [0.5, 0.6) is 0 Å². The van der Waals surface area contributed by atoms with E-state index in [0.29, 0.717) is 42.6 Å². The Bertz CT molecular complexity index is 1570. The Labute approximate surface area is 226 Å². The molecule has 2 aromatic carbocycles. The molecule has 0 radical (unpaired) electrons. The van der Waals surface area contributed by atoms with E-state index in [1.807, 2.05) is 29.6 Å². The predicted octanol–water partition coefficient (Wildman–Crippen LogP) is 5.24. The van der Waals surface area contributed by atoms with Gasteiger partial charge in [-0.15, -0.1) is 11.3 Å². The molecule has 198 valence electrons. The van der Waals surface area contributed by atoms with Crippen molar-refractivity contribution < 1.29 is 17.6 Å². The third kappa shape index (κ3) is 5.73. The van der Waals surface area contributed by atoms with Crippen LogP contribution in [0.3, 0.4) is 0 Å². The quantitative estimate of drug-likeness (QED) is 0.307. The Morgan fingerprint density at radius 2 is 1.68 bits per heavy atom. The fraction of sp³-hybridized carbons (Fsp3) is 0.286. The molecule has 5 rings (SSSR count). The molecule has 0 spiro atoms. The van der Waals surface area contributed by atoms with Gasteiger partial charge in [-0.2, -0.15) is 9.41 Å². The summed E-state index contributed by atoms with van der Waals surface area (Å²) in [6.07, 6.45) is 3.42. The minimum absolute atomic E-state index is 0.0767. The Balaban J connectivity index is 1.47. The molecular formula is C28H30N4O4S2. The van der Waals surface area contributed by atoms with Crippen molar-refractivity contribution in [2.45, 2.75) is 31.1 Å². The number of morpholine rings is 1. The van der Waals surface area contributed by atoms with Gasteiger partial charge in [0.1, 0.15) is 5.69 Å². The summed E-state index contributed by atoms with van der Waals surface area (Å²) < 4.78 is 40.0. The highest BCUT2D eigenvalue weighted by Gasteiger charge is 2.26. The van der Waals surface area contributed by atoms with Crippen molar-refractivity contribution >= 4 is 33.3 Å². The number of ether oxygens (including phenoxy) is 1. The molecule has 2 aromatic heterocycles. The van der Waals surface area contributed by atoms with Gasteiger partial charge in [0, 0.05) is 18.5 Å². The van der Waals surface area contributed by atoms with Crippen LogP contribution >= 0.6 is 11.3 Å². The smallest absolute Gasteiger partial charge is 0.243 e. The summed E-state index contributed by atoms with van der Waals surface area (Å²) in [5, 5.41) is 6.67. The fourth-order valence-corrected chi connectivity index (χ4v) is 6.26. The maximum absolute atomic E-state index is 12.9. The Kier molecular flexibility index (Phi) is 7.49. The molecule has 0 atom stereocenters. The van der Waals surface area contributed by atoms with E-state index in [1.54, 1.807) is 41.4 Å². The van der Waals surface area contributed by atoms with E-state index >= 15 is 0 Å². The molecule has 0 aliphatic carbocycles. The highest BCUT2D eigenvalue weighted by Crippen LogP contribution is 2.24. The second-order valence-corrected chi connectivity index (χ2v) is 12.7. The Morgan fingerprint density at radius 3 is 2.32 bits per heavy atom. The van der Waals surface area contributed by atoms with Crippen LogP contribution in [0.25, 0.3) is 11.5 Å². The summed E-state index contributed by atoms with van der Waals surface area (Å²) >= 11 is 1.42. The van der Waals surface area contributed by atoms with E-state index in [2.05, 4.69) is 32.9 Å². The van der Waals surface area contributed by atoms with Crippen LogP contribution < -0.4 is 4.80 Å². The normalized spacial score (nSPS) is 15.9. The van der Waals surface area contributed by atoms with Crippen molar-refractivity contribution in [3.05, 3.63) is 88.2 Å². The molecule has 1 aliphatic heterocycles. The van der Waals surface area contributed by atoms with Crippen LogP contribution in [0.1, 0.15) is 31.9 Å². The van der Waals surface area contributed by atoms with E-state index < -0.39 is 10.0 Å². The average molecular weight is 551 g/mol. The van der Waals surface area contributed by atoms with Crippen molar-refractivity contribution in [3.63, 3.8) is 0 Å². The van der Waals surface area contributed by atoms with Crippen molar-refractivity contribution in [1.82, 2.24) is 8.98 Å². The minimum Gasteiger partial charge on any atom is -0.463 e. The van der Waals surface area contributed by atoms with E-state index in [1.165, 1.54) is 21.2 Å². The summed E-state index contributed by atoms with van der Waals surface area (Å²) in [6, 6.07) is 18.6. The molecule has 0 amide bonds. The van der Waals surface area contributed by atoms with Gasteiger partial charge >= 0.3 is 0 Å². The van der Waals surface area contributed by atoms with Gasteiger partial charge in [-0.3, -0.25) is 0 Å². The van der Waals surface area contributed by atoms with Crippen LogP contribution in [0, 0.1) is 0 Å². The molecule has 0 unspecified atom stereocenters. The summed E-state index contributed by atoms with van der Waals surface area (Å²) in [6.45, 7) is 8.09. The SMILES string of the molecule is CC(C)(C)c1ccc(C=Nn2c(-c3ccco3)csc2=Nc2ccc(S(=O)(=O)N3CCOCC3)cc2)cc1. The molecule has 8 nitrogen and oxygen atoms in total. The zero-order chi connectivity index (χ0) is 26.8. The number of aromatic nitrogens is 1. The first-order valence-electron chi connectivity index (χ1n) is 12.3. The van der Waals surface area contributed by atoms with Crippen LogP contribution in [0.4, 0.5) is 5.69 Å². The van der Waals surface area contributed by atoms with E-state index in [4.69, 9.17) is 19.2 Å². The standard InChI is InChI=1S/C28H30N4O4S2/c1-28(2,3)22-8-6-21(7-9-22)19-29-32-25(26-5-4-16-36-26)20-37-27(32)30-23-10-12-24(13-11-23)38(33,34)31-14-17-35-18-15-31/h4-13,16,19-20H,14-15,17-18H2,1-3H3. The van der Waals surface area contributed by atoms with Gasteiger partial charge in [0.2, 0.25) is 14.8 Å². The van der Waals surface area contributed by atoms with Crippen molar-refractivity contribution in [3.8, 4) is 11.5 Å². The molecule has 10 heteroatoms. The Morgan fingerprint density at radius 1 is 0.974 bits per heavy atom. The largest absolute Gasteiger partial charge is 0.463 e. The number of hydrogen-bond acceptors (Lipinski definition) is 7. The molecule has 4 aromatic rings. The molecule has 0 bridgehead atoms. The van der Waals surface area contributed by atoms with E-state index in [-0.39, 0.29) is 10.3 Å². The average Bonchev–Trinajstić information content (AvgIpc) is 3.58. The lowest BCUT2D eigenvalue weighted by Crippen LogP contribution is -2.40. The maximum Gasteiger partial charge on any atom is 0.243 e. The van der Waals surface area contributed by atoms with Crippen LogP contribution in [0.2, 0.25) is 0 Å². The minimum atomic E-state index is -3.56. The predicted molar refractivity (Wildman–Crippen MR) is 149 cm³/mol. The molecule has 1 aliphatic rings. The molecule has 1 fully saturated rings. The Hall–Kier alpha value is -3.31. The van der Waals surface area contributed by atoms with Gasteiger partial charge < -0.3 is 9.15 Å². The zero-order valence-electron chi connectivity index (χ0n) is 21.6. The molecule has 3 heterocycles. The topological polar surface area (TPSA) is 89.4 Å². The lowest BCUT2D eigenvalue weighted by atomic mass is 9.87. The van der Waals surface area contributed by atoms with Gasteiger partial charge in [-0.25, -0.2) is 18.1 Å². The van der Waals surface area contributed by atoms with Crippen molar-refractivity contribution in [2.24, 2.45) is 10.1 Å². The second kappa shape index (κ2) is 10.8. The number of furan rings is 1. The summed E-state index contributed by atoms with van der Waals surface area (Å²) in [4.78, 5) is 5.63. The lowest BCUT2D eigenvalue weighted by molar-refractivity contribution is 0.0730. The number of rotatable bonds is 6. The van der Waals surface area contributed by atoms with Crippen LogP contribution in [-0.4, -0.2) is 49.9 Å². The van der Waals surface area contributed by atoms with Gasteiger partial charge in [0.15, 0.2) is 5.76 Å². The number of nitrogens with zero attached hydrogens (tertiary/aromatic N) is 4. The fourth-order valence-electron chi connectivity index (χ4n) is 4.02. The number of hydrogen-bond donors (Lipinski definition) is 0. The molecule has 0 saturated carbocycles. The van der Waals surface area contributed by atoms with Crippen LogP contribution in [-0.2, 0) is 20.2 Å². The molecule has 0 N–H and O–H groups in total. The number of sulfonamides is 1. The van der Waals surface area contributed by atoms with Gasteiger partial charge in [-0.05, 0) is 52.9 Å². The van der Waals surface area contributed by atoms with Crippen LogP contribution in [0.15, 0.2) is 91.7 Å². The van der Waals surface area contributed by atoms with Crippen molar-refractivity contribution in [2.75, 3.05) is 26.3 Å². The third-order valence-corrected chi connectivity index (χ3v) is 8.96. The monoisotopic (exact) mass is 550 g/mol. The zero-order valence-corrected chi connectivity index (χ0v) is 23.2. The summed E-state index contributed by atoms with van der Waals surface area (Å²) in [7, 11) is -3.56. The van der Waals surface area contributed by atoms with Gasteiger partial charge in [-0.1, -0.05) is 45.0 Å². The lowest BCUT2D eigenvalue weighted by Gasteiger charge is -2.26. The number of thiazole rings is 1. The van der Waals surface area contributed by atoms with Gasteiger partial charge in [0.25, 0.3) is 0 Å². The third-order valence-electron chi connectivity index (χ3n) is 6.23. The molecular weight excluding hydrogens is 520 g/mol. The molecule has 38 heavy (non-hydrogen) atoms. The van der Waals surface area contributed by atoms with Crippen molar-refractivity contribution in [1.29, 1.82) is 0 Å². The van der Waals surface area contributed by atoms with E-state index in [9.17, 15) is 8.42 Å². The highest BCUT2D eigenvalue weighted by atomic mass is 32.2. The number of benzene rings is 2. The molecule has 1 saturated heterocycles. The first kappa shape index (κ1) is 26.3. The maximum atomic E-state index is 12.9. The summed E-state index contributed by atoms with van der Waals surface area (Å²) in [5.41, 5.74) is 3.69. The summed E-state index contributed by atoms with van der Waals surface area (Å²) in [5.74, 6) is 0.676. The first-order valence-corrected chi connectivity index (χ1v) is 14.7. The van der Waals surface area contributed by atoms with E-state index in [0.717, 1.165) is 11.3 Å². The van der Waals surface area contributed by atoms with Gasteiger partial charge in [0.05, 0.1) is 36.3 Å². The second-order valence-electron chi connectivity index (χ2n) is 9.93.